The lowest BCUT2D eigenvalue weighted by Gasteiger charge is -2.10. The predicted octanol–water partition coefficient (Wildman–Crippen LogP) is 2.00. The third kappa shape index (κ3) is 3.17. The van der Waals surface area contributed by atoms with E-state index in [1.54, 1.807) is 19.1 Å². The van der Waals surface area contributed by atoms with Gasteiger partial charge in [-0.15, -0.1) is 0 Å². The number of benzene rings is 1. The minimum Gasteiger partial charge on any atom is -0.486 e. The van der Waals surface area contributed by atoms with Crippen molar-refractivity contribution < 1.29 is 19.6 Å². The summed E-state index contributed by atoms with van der Waals surface area (Å²) in [6.45, 7) is 2.98. The summed E-state index contributed by atoms with van der Waals surface area (Å²) in [5, 5.41) is 19.5. The molecule has 1 atom stereocenters. The maximum atomic E-state index is 10.8. The van der Waals surface area contributed by atoms with Gasteiger partial charge in [0.25, 0.3) is 0 Å². The Hall–Kier alpha value is -2.11. The van der Waals surface area contributed by atoms with Crippen molar-refractivity contribution in [1.29, 1.82) is 0 Å². The minimum atomic E-state index is -1.000. The molecule has 6 heteroatoms. The highest BCUT2D eigenvalue weighted by Crippen LogP contribution is 2.30. The van der Waals surface area contributed by atoms with Gasteiger partial charge in [-0.25, -0.2) is 0 Å². The van der Waals surface area contributed by atoms with Crippen molar-refractivity contribution in [3.8, 4) is 5.75 Å². The summed E-state index contributed by atoms with van der Waals surface area (Å²) in [6.07, 6.45) is 0. The Balaban J connectivity index is 2.88. The summed E-state index contributed by atoms with van der Waals surface area (Å²) < 4.78 is 5.18. The van der Waals surface area contributed by atoms with Gasteiger partial charge in [-0.1, -0.05) is 12.1 Å². The van der Waals surface area contributed by atoms with Crippen molar-refractivity contribution >= 4 is 11.7 Å². The van der Waals surface area contributed by atoms with E-state index >= 15 is 0 Å². The number of aryl methyl sites for hydroxylation is 1. The number of carbonyl (C=O) groups is 1. The van der Waals surface area contributed by atoms with Gasteiger partial charge in [0.2, 0.25) is 0 Å². The highest BCUT2D eigenvalue weighted by Gasteiger charge is 2.20. The Bertz CT molecular complexity index is 443. The zero-order valence-electron chi connectivity index (χ0n) is 9.54. The molecule has 0 aromatic heterocycles. The number of para-hydroxylation sites is 1. The van der Waals surface area contributed by atoms with Crippen LogP contribution in [0, 0.1) is 23.0 Å². The van der Waals surface area contributed by atoms with Crippen molar-refractivity contribution in [2.24, 2.45) is 5.92 Å². The summed E-state index contributed by atoms with van der Waals surface area (Å²) in [5.74, 6) is -1.61. The van der Waals surface area contributed by atoms with Crippen LogP contribution in [-0.4, -0.2) is 22.6 Å². The molecule has 1 rings (SSSR count). The molecular weight excluding hydrogens is 226 g/mol. The summed E-state index contributed by atoms with van der Waals surface area (Å²) in [7, 11) is 0. The van der Waals surface area contributed by atoms with Crippen LogP contribution >= 0.6 is 0 Å². The fourth-order valence-electron chi connectivity index (χ4n) is 1.27. The molecule has 0 saturated heterocycles. The molecule has 0 bridgehead atoms. The van der Waals surface area contributed by atoms with Gasteiger partial charge in [-0.2, -0.15) is 0 Å². The average Bonchev–Trinajstić information content (AvgIpc) is 2.24. The van der Waals surface area contributed by atoms with E-state index in [1.165, 1.54) is 13.0 Å². The summed E-state index contributed by atoms with van der Waals surface area (Å²) in [5.41, 5.74) is 0.362. The van der Waals surface area contributed by atoms with Gasteiger partial charge in [-0.3, -0.25) is 14.9 Å². The standard InChI is InChI=1S/C11H13NO5/c1-7-4-3-5-9(10(7)12(15)16)17-6-8(2)11(13)14/h3-5,8H,6H2,1-2H3,(H,13,14). The normalized spacial score (nSPS) is 11.9. The third-order valence-corrected chi connectivity index (χ3v) is 2.29. The van der Waals surface area contributed by atoms with Gasteiger partial charge < -0.3 is 9.84 Å². The van der Waals surface area contributed by atoms with Crippen LogP contribution in [0.1, 0.15) is 12.5 Å². The zero-order valence-corrected chi connectivity index (χ0v) is 9.54. The molecule has 6 nitrogen and oxygen atoms in total. The molecule has 17 heavy (non-hydrogen) atoms. The monoisotopic (exact) mass is 239 g/mol. The first-order valence-corrected chi connectivity index (χ1v) is 5.03. The van der Waals surface area contributed by atoms with Crippen LogP contribution in [0.4, 0.5) is 5.69 Å². The van der Waals surface area contributed by atoms with Crippen LogP contribution in [0.15, 0.2) is 18.2 Å². The molecule has 1 unspecified atom stereocenters. The van der Waals surface area contributed by atoms with E-state index in [1.807, 2.05) is 0 Å². The molecule has 1 N–H and O–H groups in total. The quantitative estimate of drug-likeness (QED) is 0.627. The molecular formula is C11H13NO5. The topological polar surface area (TPSA) is 89.7 Å². The molecule has 0 aliphatic carbocycles. The molecule has 1 aromatic rings. The van der Waals surface area contributed by atoms with Crippen LogP contribution in [0.5, 0.6) is 5.75 Å². The molecule has 0 heterocycles. The molecule has 1 aromatic carbocycles. The first-order chi connectivity index (χ1) is 7.93. The van der Waals surface area contributed by atoms with E-state index in [0.717, 1.165) is 0 Å². The van der Waals surface area contributed by atoms with E-state index in [0.29, 0.717) is 5.56 Å². The second-order valence-corrected chi connectivity index (χ2v) is 3.73. The number of ether oxygens (including phenoxy) is 1. The summed E-state index contributed by atoms with van der Waals surface area (Å²) >= 11 is 0. The first-order valence-electron chi connectivity index (χ1n) is 5.03. The van der Waals surface area contributed by atoms with E-state index in [9.17, 15) is 14.9 Å². The van der Waals surface area contributed by atoms with Gasteiger partial charge in [0, 0.05) is 5.56 Å². The predicted molar refractivity (Wildman–Crippen MR) is 60.1 cm³/mol. The molecule has 0 fully saturated rings. The molecule has 0 spiro atoms. The largest absolute Gasteiger partial charge is 0.486 e. The van der Waals surface area contributed by atoms with Crippen molar-refractivity contribution in [3.63, 3.8) is 0 Å². The molecule has 92 valence electrons. The number of hydrogen-bond donors (Lipinski definition) is 1. The molecule has 0 radical (unpaired) electrons. The Kier molecular flexibility index (Phi) is 4.03. The van der Waals surface area contributed by atoms with Gasteiger partial charge in [0.15, 0.2) is 5.75 Å². The number of carboxylic acids is 1. The first kappa shape index (κ1) is 13.0. The molecule has 0 aliphatic rings. The zero-order chi connectivity index (χ0) is 13.0. The Morgan fingerprint density at radius 3 is 2.76 bits per heavy atom. The number of aliphatic carboxylic acids is 1. The summed E-state index contributed by atoms with van der Waals surface area (Å²) in [4.78, 5) is 20.9. The van der Waals surface area contributed by atoms with Gasteiger partial charge in [-0.05, 0) is 19.9 Å². The smallest absolute Gasteiger partial charge is 0.313 e. The number of nitro groups is 1. The van der Waals surface area contributed by atoms with Crippen molar-refractivity contribution in [2.75, 3.05) is 6.61 Å². The SMILES string of the molecule is Cc1cccc(OCC(C)C(=O)O)c1[N+](=O)[O-]. The second-order valence-electron chi connectivity index (χ2n) is 3.73. The van der Waals surface area contributed by atoms with Gasteiger partial charge in [0.1, 0.15) is 6.61 Å². The fraction of sp³-hybridized carbons (Fsp3) is 0.364. The van der Waals surface area contributed by atoms with Crippen molar-refractivity contribution in [2.45, 2.75) is 13.8 Å². The second kappa shape index (κ2) is 5.29. The van der Waals surface area contributed by atoms with Crippen molar-refractivity contribution in [1.82, 2.24) is 0 Å². The van der Waals surface area contributed by atoms with E-state index in [-0.39, 0.29) is 18.0 Å². The number of hydrogen-bond acceptors (Lipinski definition) is 4. The Morgan fingerprint density at radius 2 is 2.24 bits per heavy atom. The third-order valence-electron chi connectivity index (χ3n) is 2.29. The number of rotatable bonds is 5. The lowest BCUT2D eigenvalue weighted by atomic mass is 10.2. The maximum absolute atomic E-state index is 10.8. The molecule has 0 aliphatic heterocycles. The van der Waals surface area contributed by atoms with Gasteiger partial charge in [0.05, 0.1) is 10.8 Å². The van der Waals surface area contributed by atoms with Crippen molar-refractivity contribution in [3.05, 3.63) is 33.9 Å². The molecule has 0 amide bonds. The van der Waals surface area contributed by atoms with Crippen LogP contribution in [0.3, 0.4) is 0 Å². The Labute approximate surface area is 98.0 Å². The van der Waals surface area contributed by atoms with E-state index in [4.69, 9.17) is 9.84 Å². The molecule has 0 saturated carbocycles. The van der Waals surface area contributed by atoms with E-state index in [2.05, 4.69) is 0 Å². The summed E-state index contributed by atoms with van der Waals surface area (Å²) in [6, 6.07) is 4.69. The van der Waals surface area contributed by atoms with Crippen LogP contribution in [0.2, 0.25) is 0 Å². The fourth-order valence-corrected chi connectivity index (χ4v) is 1.27. The lowest BCUT2D eigenvalue weighted by molar-refractivity contribution is -0.386. The lowest BCUT2D eigenvalue weighted by Crippen LogP contribution is -2.18. The number of carboxylic acid groups (broad SMARTS) is 1. The van der Waals surface area contributed by atoms with Crippen LogP contribution in [-0.2, 0) is 4.79 Å². The average molecular weight is 239 g/mol. The number of nitrogens with zero attached hydrogens (tertiary/aromatic N) is 1. The van der Waals surface area contributed by atoms with E-state index < -0.39 is 16.8 Å². The minimum absolute atomic E-state index is 0.0976. The highest BCUT2D eigenvalue weighted by molar-refractivity contribution is 5.69. The Morgan fingerprint density at radius 1 is 1.59 bits per heavy atom. The maximum Gasteiger partial charge on any atom is 0.313 e. The highest BCUT2D eigenvalue weighted by atomic mass is 16.6. The van der Waals surface area contributed by atoms with Crippen LogP contribution < -0.4 is 4.74 Å². The van der Waals surface area contributed by atoms with Crippen LogP contribution in [0.25, 0.3) is 0 Å². The number of nitro benzene ring substituents is 1. The van der Waals surface area contributed by atoms with Gasteiger partial charge >= 0.3 is 11.7 Å².